The minimum atomic E-state index is -4.64. The second-order valence-corrected chi connectivity index (χ2v) is 5.84. The van der Waals surface area contributed by atoms with Gasteiger partial charge in [0.05, 0.1) is 22.8 Å². The Labute approximate surface area is 152 Å². The number of hydrogen-bond donors (Lipinski definition) is 1. The van der Waals surface area contributed by atoms with E-state index in [9.17, 15) is 22.8 Å². The number of alkyl halides is 3. The summed E-state index contributed by atoms with van der Waals surface area (Å²) >= 11 is 5.54. The van der Waals surface area contributed by atoms with Crippen molar-refractivity contribution in [3.05, 3.63) is 58.9 Å². The van der Waals surface area contributed by atoms with E-state index in [-0.39, 0.29) is 24.7 Å². The van der Waals surface area contributed by atoms with Crippen molar-refractivity contribution >= 4 is 29.1 Å². The number of rotatable bonds is 5. The van der Waals surface area contributed by atoms with Gasteiger partial charge in [-0.05, 0) is 30.3 Å². The summed E-state index contributed by atoms with van der Waals surface area (Å²) in [6.45, 7) is 1.08. The summed E-state index contributed by atoms with van der Waals surface area (Å²) < 4.78 is 38.6. The Hall–Kier alpha value is -2.61. The van der Waals surface area contributed by atoms with Gasteiger partial charge in [0.25, 0.3) is 0 Å². The van der Waals surface area contributed by atoms with E-state index in [1.54, 1.807) is 24.4 Å². The van der Waals surface area contributed by atoms with Crippen LogP contribution >= 0.6 is 11.6 Å². The van der Waals surface area contributed by atoms with E-state index in [0.717, 1.165) is 12.1 Å². The first-order valence-electron chi connectivity index (χ1n) is 7.49. The van der Waals surface area contributed by atoms with Crippen LogP contribution in [0.1, 0.15) is 18.2 Å². The summed E-state index contributed by atoms with van der Waals surface area (Å²) in [7, 11) is 0. The van der Waals surface area contributed by atoms with Crippen LogP contribution < -0.4 is 5.32 Å². The van der Waals surface area contributed by atoms with Gasteiger partial charge in [-0.25, -0.2) is 0 Å². The van der Waals surface area contributed by atoms with Gasteiger partial charge in [-0.3, -0.25) is 14.6 Å². The SMILES string of the molecule is CC(=O)N(CC(=O)Nc1ccc(Cl)c(C(F)(F)F)c1)Cc1ccccn1. The van der Waals surface area contributed by atoms with Crippen LogP contribution in [0.4, 0.5) is 18.9 Å². The number of carbonyl (C=O) groups is 2. The lowest BCUT2D eigenvalue weighted by molar-refractivity contribution is -0.137. The molecule has 2 amide bonds. The van der Waals surface area contributed by atoms with E-state index in [2.05, 4.69) is 10.3 Å². The first-order valence-corrected chi connectivity index (χ1v) is 7.86. The summed E-state index contributed by atoms with van der Waals surface area (Å²) in [4.78, 5) is 29.2. The van der Waals surface area contributed by atoms with Crippen LogP contribution in [0.15, 0.2) is 42.6 Å². The van der Waals surface area contributed by atoms with Crippen molar-refractivity contribution in [3.8, 4) is 0 Å². The molecule has 0 saturated carbocycles. The van der Waals surface area contributed by atoms with E-state index >= 15 is 0 Å². The molecule has 0 saturated heterocycles. The number of amides is 2. The Bertz CT molecular complexity index is 798. The number of pyridine rings is 1. The highest BCUT2D eigenvalue weighted by atomic mass is 35.5. The molecule has 0 aliphatic carbocycles. The molecule has 5 nitrogen and oxygen atoms in total. The first kappa shape index (κ1) is 19.7. The molecule has 0 radical (unpaired) electrons. The zero-order valence-electron chi connectivity index (χ0n) is 13.7. The number of nitrogens with zero attached hydrogens (tertiary/aromatic N) is 2. The van der Waals surface area contributed by atoms with Crippen molar-refractivity contribution in [1.29, 1.82) is 0 Å². The molecule has 0 aliphatic heterocycles. The molecule has 26 heavy (non-hydrogen) atoms. The topological polar surface area (TPSA) is 62.3 Å². The molecule has 0 bridgehead atoms. The Balaban J connectivity index is 2.08. The predicted octanol–water partition coefficient (Wildman–Crippen LogP) is 3.74. The summed E-state index contributed by atoms with van der Waals surface area (Å²) in [5.74, 6) is -0.996. The molecule has 1 heterocycles. The number of halogens is 4. The van der Waals surface area contributed by atoms with Crippen LogP contribution in [0, 0.1) is 0 Å². The van der Waals surface area contributed by atoms with Gasteiger partial charge in [0, 0.05) is 18.8 Å². The fraction of sp³-hybridized carbons (Fsp3) is 0.235. The summed E-state index contributed by atoms with van der Waals surface area (Å²) in [6.07, 6.45) is -3.08. The van der Waals surface area contributed by atoms with Crippen molar-refractivity contribution in [2.24, 2.45) is 0 Å². The molecule has 0 fully saturated rings. The minimum absolute atomic E-state index is 0.0620. The van der Waals surface area contributed by atoms with Gasteiger partial charge < -0.3 is 10.2 Å². The summed E-state index contributed by atoms with van der Waals surface area (Å²) in [5, 5.41) is 1.88. The number of anilines is 1. The lowest BCUT2D eigenvalue weighted by Gasteiger charge is -2.20. The number of benzene rings is 1. The molecule has 1 aromatic heterocycles. The number of aromatic nitrogens is 1. The first-order chi connectivity index (χ1) is 12.2. The number of nitrogens with one attached hydrogen (secondary N) is 1. The van der Waals surface area contributed by atoms with Crippen LogP contribution in [-0.4, -0.2) is 28.2 Å². The maximum atomic E-state index is 12.9. The average molecular weight is 386 g/mol. The highest BCUT2D eigenvalue weighted by molar-refractivity contribution is 6.31. The Morgan fingerprint density at radius 1 is 1.23 bits per heavy atom. The zero-order valence-corrected chi connectivity index (χ0v) is 14.4. The van der Waals surface area contributed by atoms with Crippen molar-refractivity contribution in [2.75, 3.05) is 11.9 Å². The van der Waals surface area contributed by atoms with Crippen molar-refractivity contribution in [1.82, 2.24) is 9.88 Å². The van der Waals surface area contributed by atoms with Crippen LogP contribution in [0.2, 0.25) is 5.02 Å². The van der Waals surface area contributed by atoms with Gasteiger partial charge in [0.1, 0.15) is 6.54 Å². The molecule has 2 rings (SSSR count). The second-order valence-electron chi connectivity index (χ2n) is 5.44. The van der Waals surface area contributed by atoms with Crippen LogP contribution in [0.25, 0.3) is 0 Å². The van der Waals surface area contributed by atoms with E-state index in [1.165, 1.54) is 17.9 Å². The number of carbonyl (C=O) groups excluding carboxylic acids is 2. The third-order valence-corrected chi connectivity index (χ3v) is 3.74. The smallest absolute Gasteiger partial charge is 0.328 e. The van der Waals surface area contributed by atoms with Crippen molar-refractivity contribution in [2.45, 2.75) is 19.6 Å². The van der Waals surface area contributed by atoms with Crippen LogP contribution in [0.3, 0.4) is 0 Å². The Morgan fingerprint density at radius 2 is 1.96 bits per heavy atom. The molecule has 2 aromatic rings. The highest BCUT2D eigenvalue weighted by Gasteiger charge is 2.33. The summed E-state index contributed by atoms with van der Waals surface area (Å²) in [6, 6.07) is 8.21. The summed E-state index contributed by atoms with van der Waals surface area (Å²) in [5.41, 5.74) is -0.525. The zero-order chi connectivity index (χ0) is 19.3. The lowest BCUT2D eigenvalue weighted by atomic mass is 10.2. The van der Waals surface area contributed by atoms with Gasteiger partial charge in [-0.15, -0.1) is 0 Å². The third kappa shape index (κ3) is 5.45. The third-order valence-electron chi connectivity index (χ3n) is 3.41. The second kappa shape index (κ2) is 8.18. The fourth-order valence-electron chi connectivity index (χ4n) is 2.16. The molecule has 138 valence electrons. The maximum Gasteiger partial charge on any atom is 0.417 e. The molecule has 0 spiro atoms. The molecule has 0 unspecified atom stereocenters. The van der Waals surface area contributed by atoms with Gasteiger partial charge >= 0.3 is 6.18 Å². The van der Waals surface area contributed by atoms with E-state index < -0.39 is 22.7 Å². The highest BCUT2D eigenvalue weighted by Crippen LogP contribution is 2.36. The van der Waals surface area contributed by atoms with E-state index in [4.69, 9.17) is 11.6 Å². The minimum Gasteiger partial charge on any atom is -0.328 e. The fourth-order valence-corrected chi connectivity index (χ4v) is 2.38. The Kier molecular flexibility index (Phi) is 6.20. The van der Waals surface area contributed by atoms with Crippen molar-refractivity contribution in [3.63, 3.8) is 0 Å². The normalized spacial score (nSPS) is 11.1. The van der Waals surface area contributed by atoms with Gasteiger partial charge in [-0.1, -0.05) is 17.7 Å². The van der Waals surface area contributed by atoms with Gasteiger partial charge in [0.15, 0.2) is 0 Å². The van der Waals surface area contributed by atoms with Crippen LogP contribution in [0.5, 0.6) is 0 Å². The average Bonchev–Trinajstić information content (AvgIpc) is 2.56. The molecule has 9 heteroatoms. The maximum absolute atomic E-state index is 12.9. The molecule has 1 aromatic carbocycles. The molecular weight excluding hydrogens is 371 g/mol. The molecule has 1 N–H and O–H groups in total. The van der Waals surface area contributed by atoms with E-state index in [1.807, 2.05) is 0 Å². The number of hydrogen-bond acceptors (Lipinski definition) is 3. The quantitative estimate of drug-likeness (QED) is 0.852. The van der Waals surface area contributed by atoms with Crippen LogP contribution in [-0.2, 0) is 22.3 Å². The van der Waals surface area contributed by atoms with E-state index in [0.29, 0.717) is 5.69 Å². The standard InChI is InChI=1S/C17H15ClF3N3O2/c1-11(25)24(9-13-4-2-3-7-22-13)10-16(26)23-12-5-6-15(18)14(8-12)17(19,20)21/h2-8H,9-10H2,1H3,(H,23,26). The molecule has 0 aliphatic rings. The predicted molar refractivity (Wildman–Crippen MR) is 90.4 cm³/mol. The largest absolute Gasteiger partial charge is 0.417 e. The van der Waals surface area contributed by atoms with Gasteiger partial charge in [0.2, 0.25) is 11.8 Å². The van der Waals surface area contributed by atoms with Gasteiger partial charge in [-0.2, -0.15) is 13.2 Å². The Morgan fingerprint density at radius 3 is 2.54 bits per heavy atom. The molecule has 0 atom stereocenters. The lowest BCUT2D eigenvalue weighted by Crippen LogP contribution is -2.36. The van der Waals surface area contributed by atoms with Crippen molar-refractivity contribution < 1.29 is 22.8 Å². The monoisotopic (exact) mass is 385 g/mol. The molecular formula is C17H15ClF3N3O2.